The van der Waals surface area contributed by atoms with Gasteiger partial charge in [-0.2, -0.15) is 5.10 Å². The van der Waals surface area contributed by atoms with Crippen molar-refractivity contribution in [2.45, 2.75) is 0 Å². The number of hydrogen-bond acceptors (Lipinski definition) is 3. The number of nitrogens with zero attached hydrogens (tertiary/aromatic N) is 2. The van der Waals surface area contributed by atoms with Crippen LogP contribution < -0.4 is 5.43 Å². The van der Waals surface area contributed by atoms with Crippen LogP contribution in [0, 0.1) is 0 Å². The SMILES string of the molecule is O=C(N/N=C/c1ccc(Cl)c(Cl)c1)c1cc(-c2ccccc2)nc2ccccc12. The van der Waals surface area contributed by atoms with Gasteiger partial charge in [0, 0.05) is 10.9 Å². The first-order valence-electron chi connectivity index (χ1n) is 8.85. The Labute approximate surface area is 177 Å². The molecule has 0 spiro atoms. The molecule has 0 aliphatic heterocycles. The van der Waals surface area contributed by atoms with Gasteiger partial charge >= 0.3 is 0 Å². The molecule has 29 heavy (non-hydrogen) atoms. The van der Waals surface area contributed by atoms with Gasteiger partial charge in [-0.25, -0.2) is 10.4 Å². The molecule has 1 amide bonds. The second-order valence-electron chi connectivity index (χ2n) is 6.31. The fraction of sp³-hybridized carbons (Fsp3) is 0. The van der Waals surface area contributed by atoms with Crippen LogP contribution in [-0.2, 0) is 0 Å². The van der Waals surface area contributed by atoms with Crippen molar-refractivity contribution in [2.75, 3.05) is 0 Å². The summed E-state index contributed by atoms with van der Waals surface area (Å²) in [4.78, 5) is 17.5. The minimum atomic E-state index is -0.322. The third kappa shape index (κ3) is 4.29. The van der Waals surface area contributed by atoms with Gasteiger partial charge in [-0.05, 0) is 29.8 Å². The summed E-state index contributed by atoms with van der Waals surface area (Å²) in [5, 5.41) is 5.70. The van der Waals surface area contributed by atoms with Crippen LogP contribution in [0.5, 0.6) is 0 Å². The third-order valence-electron chi connectivity index (χ3n) is 4.35. The molecule has 0 radical (unpaired) electrons. The van der Waals surface area contributed by atoms with Crippen molar-refractivity contribution in [3.05, 3.63) is 100 Å². The smallest absolute Gasteiger partial charge is 0.267 e. The van der Waals surface area contributed by atoms with E-state index < -0.39 is 0 Å². The lowest BCUT2D eigenvalue weighted by Crippen LogP contribution is -2.18. The van der Waals surface area contributed by atoms with E-state index >= 15 is 0 Å². The molecule has 1 heterocycles. The van der Waals surface area contributed by atoms with Gasteiger partial charge in [0.25, 0.3) is 5.91 Å². The lowest BCUT2D eigenvalue weighted by Gasteiger charge is -2.09. The number of nitrogens with one attached hydrogen (secondary N) is 1. The average Bonchev–Trinajstić information content (AvgIpc) is 2.76. The topological polar surface area (TPSA) is 54.4 Å². The average molecular weight is 420 g/mol. The predicted molar refractivity (Wildman–Crippen MR) is 119 cm³/mol. The van der Waals surface area contributed by atoms with Gasteiger partial charge in [0.05, 0.1) is 33.0 Å². The van der Waals surface area contributed by atoms with Gasteiger partial charge in [0.1, 0.15) is 0 Å². The third-order valence-corrected chi connectivity index (χ3v) is 5.09. The monoisotopic (exact) mass is 419 g/mol. The van der Waals surface area contributed by atoms with Crippen molar-refractivity contribution >= 4 is 46.2 Å². The van der Waals surface area contributed by atoms with Gasteiger partial charge < -0.3 is 0 Å². The summed E-state index contributed by atoms with van der Waals surface area (Å²) in [5.74, 6) is -0.322. The minimum absolute atomic E-state index is 0.322. The lowest BCUT2D eigenvalue weighted by atomic mass is 10.0. The zero-order chi connectivity index (χ0) is 20.2. The molecule has 0 saturated heterocycles. The van der Waals surface area contributed by atoms with E-state index in [0.29, 0.717) is 15.6 Å². The first-order valence-corrected chi connectivity index (χ1v) is 9.61. The summed E-state index contributed by atoms with van der Waals surface area (Å²) in [7, 11) is 0. The maximum atomic E-state index is 12.9. The number of benzene rings is 3. The molecule has 0 unspecified atom stereocenters. The largest absolute Gasteiger partial charge is 0.272 e. The molecule has 0 fully saturated rings. The summed E-state index contributed by atoms with van der Waals surface area (Å²) < 4.78 is 0. The summed E-state index contributed by atoms with van der Waals surface area (Å²) in [5.41, 5.74) is 6.21. The van der Waals surface area contributed by atoms with Gasteiger partial charge in [0.15, 0.2) is 0 Å². The number of para-hydroxylation sites is 1. The molecule has 0 bridgehead atoms. The van der Waals surface area contributed by atoms with Crippen molar-refractivity contribution in [1.29, 1.82) is 0 Å². The fourth-order valence-electron chi connectivity index (χ4n) is 2.94. The van der Waals surface area contributed by atoms with Crippen LogP contribution in [0.25, 0.3) is 22.2 Å². The number of rotatable bonds is 4. The Kier molecular flexibility index (Phi) is 5.56. The molecule has 0 aliphatic rings. The highest BCUT2D eigenvalue weighted by atomic mass is 35.5. The molecule has 0 aliphatic carbocycles. The van der Waals surface area contributed by atoms with Crippen LogP contribution in [0.1, 0.15) is 15.9 Å². The Morgan fingerprint density at radius 2 is 1.66 bits per heavy atom. The Balaban J connectivity index is 1.66. The number of fused-ring (bicyclic) bond motifs is 1. The Hall–Kier alpha value is -3.21. The molecular weight excluding hydrogens is 405 g/mol. The van der Waals surface area contributed by atoms with Crippen LogP contribution in [0.2, 0.25) is 10.0 Å². The molecule has 4 rings (SSSR count). The van der Waals surface area contributed by atoms with Gasteiger partial charge in [0.2, 0.25) is 0 Å². The van der Waals surface area contributed by atoms with Crippen LogP contribution in [0.15, 0.2) is 84.0 Å². The Bertz CT molecular complexity index is 1220. The standard InChI is InChI=1S/C23H15Cl2N3O/c24-19-11-10-15(12-20(19)25)14-26-28-23(29)18-13-22(16-6-2-1-3-7-16)27-21-9-5-4-8-17(18)21/h1-14H,(H,28,29)/b26-14+. The van der Waals surface area contributed by atoms with E-state index in [4.69, 9.17) is 23.2 Å². The number of aromatic nitrogens is 1. The van der Waals surface area contributed by atoms with Gasteiger partial charge in [-0.15, -0.1) is 0 Å². The van der Waals surface area contributed by atoms with Gasteiger partial charge in [-0.1, -0.05) is 77.8 Å². The number of hydrazone groups is 1. The van der Waals surface area contributed by atoms with E-state index in [0.717, 1.165) is 27.7 Å². The van der Waals surface area contributed by atoms with Crippen LogP contribution >= 0.6 is 23.2 Å². The maximum absolute atomic E-state index is 12.9. The summed E-state index contributed by atoms with van der Waals surface area (Å²) >= 11 is 11.9. The summed E-state index contributed by atoms with van der Waals surface area (Å²) in [6.07, 6.45) is 1.52. The number of pyridine rings is 1. The Morgan fingerprint density at radius 1 is 0.897 bits per heavy atom. The van der Waals surface area contributed by atoms with E-state index in [2.05, 4.69) is 15.5 Å². The normalized spacial score (nSPS) is 11.1. The van der Waals surface area contributed by atoms with Crippen molar-refractivity contribution in [3.63, 3.8) is 0 Å². The Morgan fingerprint density at radius 3 is 2.45 bits per heavy atom. The molecule has 142 valence electrons. The maximum Gasteiger partial charge on any atom is 0.272 e. The molecule has 1 N–H and O–H groups in total. The number of hydrogen-bond donors (Lipinski definition) is 1. The highest BCUT2D eigenvalue weighted by Crippen LogP contribution is 2.25. The van der Waals surface area contributed by atoms with E-state index in [-0.39, 0.29) is 5.91 Å². The van der Waals surface area contributed by atoms with E-state index in [1.54, 1.807) is 24.3 Å². The van der Waals surface area contributed by atoms with Crippen molar-refractivity contribution < 1.29 is 4.79 Å². The first-order chi connectivity index (χ1) is 14.1. The summed E-state index contributed by atoms with van der Waals surface area (Å²) in [6.45, 7) is 0. The van der Waals surface area contributed by atoms with Crippen molar-refractivity contribution in [3.8, 4) is 11.3 Å². The second-order valence-corrected chi connectivity index (χ2v) is 7.13. The van der Waals surface area contributed by atoms with Crippen LogP contribution in [0.4, 0.5) is 0 Å². The molecule has 0 saturated carbocycles. The quantitative estimate of drug-likeness (QED) is 0.327. The zero-order valence-corrected chi connectivity index (χ0v) is 16.7. The van der Waals surface area contributed by atoms with Gasteiger partial charge in [-0.3, -0.25) is 4.79 Å². The van der Waals surface area contributed by atoms with E-state index in [1.807, 2.05) is 54.6 Å². The minimum Gasteiger partial charge on any atom is -0.267 e. The molecule has 4 aromatic rings. The van der Waals surface area contributed by atoms with Crippen molar-refractivity contribution in [2.24, 2.45) is 5.10 Å². The number of halogens is 2. The van der Waals surface area contributed by atoms with Crippen LogP contribution in [0.3, 0.4) is 0 Å². The zero-order valence-electron chi connectivity index (χ0n) is 15.1. The van der Waals surface area contributed by atoms with E-state index in [1.165, 1.54) is 6.21 Å². The summed E-state index contributed by atoms with van der Waals surface area (Å²) in [6, 6.07) is 24.2. The molecule has 1 aromatic heterocycles. The predicted octanol–water partition coefficient (Wildman–Crippen LogP) is 5.97. The van der Waals surface area contributed by atoms with Crippen molar-refractivity contribution in [1.82, 2.24) is 10.4 Å². The molecule has 3 aromatic carbocycles. The highest BCUT2D eigenvalue weighted by molar-refractivity contribution is 6.42. The fourth-order valence-corrected chi connectivity index (χ4v) is 3.24. The number of amides is 1. The molecule has 6 heteroatoms. The highest BCUT2D eigenvalue weighted by Gasteiger charge is 2.13. The van der Waals surface area contributed by atoms with Crippen LogP contribution in [-0.4, -0.2) is 17.1 Å². The van der Waals surface area contributed by atoms with E-state index in [9.17, 15) is 4.79 Å². The lowest BCUT2D eigenvalue weighted by molar-refractivity contribution is 0.0957. The number of carbonyl (C=O) groups excluding carboxylic acids is 1. The first kappa shape index (κ1) is 19.1. The molecular formula is C23H15Cl2N3O. The second kappa shape index (κ2) is 8.43. The molecule has 4 nitrogen and oxygen atoms in total. The molecule has 0 atom stereocenters. The number of carbonyl (C=O) groups is 1.